The van der Waals surface area contributed by atoms with Crippen LogP contribution in [0.25, 0.3) is 0 Å². The van der Waals surface area contributed by atoms with E-state index in [1.54, 1.807) is 24.3 Å². The maximum absolute atomic E-state index is 13.4. The summed E-state index contributed by atoms with van der Waals surface area (Å²) in [5.74, 6) is -1.51. The van der Waals surface area contributed by atoms with Crippen molar-refractivity contribution in [2.75, 3.05) is 6.54 Å². The van der Waals surface area contributed by atoms with Crippen molar-refractivity contribution < 1.29 is 18.7 Å². The summed E-state index contributed by atoms with van der Waals surface area (Å²) in [5, 5.41) is 2.32. The van der Waals surface area contributed by atoms with Crippen molar-refractivity contribution in [3.05, 3.63) is 65.5 Å². The summed E-state index contributed by atoms with van der Waals surface area (Å²) in [4.78, 5) is 23.3. The molecule has 1 N–H and O–H groups in total. The number of rotatable bonds is 4. The minimum Gasteiger partial charge on any atom is -0.425 e. The average molecular weight is 287 g/mol. The highest BCUT2D eigenvalue weighted by molar-refractivity contribution is 5.96. The van der Waals surface area contributed by atoms with Crippen LogP contribution in [0.4, 0.5) is 4.39 Å². The van der Waals surface area contributed by atoms with E-state index in [1.165, 1.54) is 18.2 Å². The summed E-state index contributed by atoms with van der Waals surface area (Å²) in [5.41, 5.74) is 0.844. The van der Waals surface area contributed by atoms with Gasteiger partial charge in [0.25, 0.3) is 5.91 Å². The molecule has 0 aliphatic heterocycles. The highest BCUT2D eigenvalue weighted by Crippen LogP contribution is 2.12. The zero-order chi connectivity index (χ0) is 15.2. The Hall–Kier alpha value is -2.69. The van der Waals surface area contributed by atoms with Crippen LogP contribution in [0.5, 0.6) is 5.75 Å². The maximum Gasteiger partial charge on any atom is 0.330 e. The predicted molar refractivity (Wildman–Crippen MR) is 75.5 cm³/mol. The lowest BCUT2D eigenvalue weighted by atomic mass is 10.2. The smallest absolute Gasteiger partial charge is 0.330 e. The molecule has 0 aliphatic rings. The van der Waals surface area contributed by atoms with E-state index >= 15 is 0 Å². The molecule has 0 bridgehead atoms. The van der Waals surface area contributed by atoms with Crippen LogP contribution < -0.4 is 10.1 Å². The summed E-state index contributed by atoms with van der Waals surface area (Å²) in [7, 11) is 0. The van der Waals surface area contributed by atoms with E-state index < -0.39 is 17.7 Å². The number of ether oxygens (including phenoxy) is 1. The third-order valence-corrected chi connectivity index (χ3v) is 2.73. The Morgan fingerprint density at radius 3 is 2.62 bits per heavy atom. The average Bonchev–Trinajstić information content (AvgIpc) is 2.45. The molecule has 0 saturated heterocycles. The number of esters is 1. The van der Waals surface area contributed by atoms with Crippen LogP contribution in [0.15, 0.2) is 48.5 Å². The molecular formula is C16H14FNO3. The van der Waals surface area contributed by atoms with Crippen LogP contribution in [0, 0.1) is 12.7 Å². The van der Waals surface area contributed by atoms with Crippen LogP contribution in [0.3, 0.4) is 0 Å². The van der Waals surface area contributed by atoms with Crippen LogP contribution in [0.1, 0.15) is 15.9 Å². The Labute approximate surface area is 121 Å². The van der Waals surface area contributed by atoms with Crippen molar-refractivity contribution in [1.82, 2.24) is 5.32 Å². The number of nitrogens with one attached hydrogen (secondary N) is 1. The van der Waals surface area contributed by atoms with E-state index in [0.29, 0.717) is 5.75 Å². The Morgan fingerprint density at radius 1 is 1.14 bits per heavy atom. The highest BCUT2D eigenvalue weighted by Gasteiger charge is 2.12. The van der Waals surface area contributed by atoms with E-state index in [-0.39, 0.29) is 12.1 Å². The lowest BCUT2D eigenvalue weighted by Crippen LogP contribution is -2.32. The second kappa shape index (κ2) is 6.65. The van der Waals surface area contributed by atoms with Gasteiger partial charge in [0.15, 0.2) is 0 Å². The number of aryl methyl sites for hydroxylation is 1. The Balaban J connectivity index is 1.90. The van der Waals surface area contributed by atoms with E-state index in [1.807, 2.05) is 13.0 Å². The van der Waals surface area contributed by atoms with Crippen molar-refractivity contribution in [1.29, 1.82) is 0 Å². The molecule has 0 unspecified atom stereocenters. The lowest BCUT2D eigenvalue weighted by Gasteiger charge is -2.07. The van der Waals surface area contributed by atoms with Gasteiger partial charge in [0.2, 0.25) is 0 Å². The van der Waals surface area contributed by atoms with Crippen LogP contribution >= 0.6 is 0 Å². The minimum absolute atomic E-state index is 0.110. The van der Waals surface area contributed by atoms with Gasteiger partial charge in [0.1, 0.15) is 18.1 Å². The van der Waals surface area contributed by atoms with Gasteiger partial charge in [-0.2, -0.15) is 0 Å². The van der Waals surface area contributed by atoms with Crippen molar-refractivity contribution in [3.63, 3.8) is 0 Å². The first-order valence-electron chi connectivity index (χ1n) is 6.36. The first kappa shape index (κ1) is 14.7. The van der Waals surface area contributed by atoms with Gasteiger partial charge in [-0.3, -0.25) is 4.79 Å². The third kappa shape index (κ3) is 4.14. The lowest BCUT2D eigenvalue weighted by molar-refractivity contribution is -0.133. The van der Waals surface area contributed by atoms with Gasteiger partial charge in [-0.05, 0) is 36.8 Å². The second-order valence-corrected chi connectivity index (χ2v) is 4.45. The Morgan fingerprint density at radius 2 is 1.90 bits per heavy atom. The second-order valence-electron chi connectivity index (χ2n) is 4.45. The predicted octanol–water partition coefficient (Wildman–Crippen LogP) is 2.47. The van der Waals surface area contributed by atoms with Crippen molar-refractivity contribution in [3.8, 4) is 5.75 Å². The number of halogens is 1. The summed E-state index contributed by atoms with van der Waals surface area (Å²) < 4.78 is 18.4. The van der Waals surface area contributed by atoms with Crippen molar-refractivity contribution in [2.24, 2.45) is 0 Å². The molecule has 2 rings (SSSR count). The van der Waals surface area contributed by atoms with Gasteiger partial charge < -0.3 is 10.1 Å². The first-order valence-corrected chi connectivity index (χ1v) is 6.36. The largest absolute Gasteiger partial charge is 0.425 e. The summed E-state index contributed by atoms with van der Waals surface area (Å²) in [6.45, 7) is 1.54. The van der Waals surface area contributed by atoms with Gasteiger partial charge in [-0.1, -0.05) is 24.3 Å². The van der Waals surface area contributed by atoms with Gasteiger partial charge in [0.05, 0.1) is 5.56 Å². The normalized spacial score (nSPS) is 10.0. The van der Waals surface area contributed by atoms with Gasteiger partial charge in [-0.15, -0.1) is 0 Å². The zero-order valence-corrected chi connectivity index (χ0v) is 11.4. The first-order chi connectivity index (χ1) is 10.1. The molecule has 1 amide bonds. The molecule has 0 atom stereocenters. The number of carbonyl (C=O) groups excluding carboxylic acids is 2. The number of amides is 1. The summed E-state index contributed by atoms with van der Waals surface area (Å²) >= 11 is 0. The summed E-state index contributed by atoms with van der Waals surface area (Å²) in [6.07, 6.45) is 0. The van der Waals surface area contributed by atoms with Crippen molar-refractivity contribution >= 4 is 11.9 Å². The molecule has 0 radical (unpaired) electrons. The van der Waals surface area contributed by atoms with Crippen LogP contribution in [-0.2, 0) is 4.79 Å². The molecule has 0 spiro atoms. The van der Waals surface area contributed by atoms with Gasteiger partial charge in [-0.25, -0.2) is 9.18 Å². The van der Waals surface area contributed by atoms with E-state index in [4.69, 9.17) is 4.74 Å². The number of hydrogen-bond donors (Lipinski definition) is 1. The fourth-order valence-electron chi connectivity index (χ4n) is 1.74. The molecule has 2 aromatic carbocycles. The molecule has 0 saturated carbocycles. The van der Waals surface area contributed by atoms with Crippen LogP contribution in [0.2, 0.25) is 0 Å². The monoisotopic (exact) mass is 287 g/mol. The molecule has 5 heteroatoms. The quantitative estimate of drug-likeness (QED) is 0.694. The standard InChI is InChI=1S/C16H14FNO3/c1-11-5-4-6-12(9-11)21-15(19)10-18-16(20)13-7-2-3-8-14(13)17/h2-9H,10H2,1H3,(H,18,20). The SMILES string of the molecule is Cc1cccc(OC(=O)CNC(=O)c2ccccc2F)c1. The molecule has 4 nitrogen and oxygen atoms in total. The van der Waals surface area contributed by atoms with E-state index in [9.17, 15) is 14.0 Å². The number of carbonyl (C=O) groups is 2. The van der Waals surface area contributed by atoms with E-state index in [2.05, 4.69) is 5.32 Å². The number of hydrogen-bond acceptors (Lipinski definition) is 3. The van der Waals surface area contributed by atoms with Gasteiger partial charge in [0, 0.05) is 0 Å². The fourth-order valence-corrected chi connectivity index (χ4v) is 1.74. The third-order valence-electron chi connectivity index (χ3n) is 2.73. The zero-order valence-electron chi connectivity index (χ0n) is 11.4. The molecule has 0 aliphatic carbocycles. The summed E-state index contributed by atoms with van der Waals surface area (Å²) in [6, 6.07) is 12.5. The molecule has 108 valence electrons. The minimum atomic E-state index is -0.658. The molecular weight excluding hydrogens is 273 g/mol. The topological polar surface area (TPSA) is 55.4 Å². The molecule has 0 aromatic heterocycles. The molecule has 0 fully saturated rings. The van der Waals surface area contributed by atoms with Crippen LogP contribution in [-0.4, -0.2) is 18.4 Å². The molecule has 2 aromatic rings. The Kier molecular flexibility index (Phi) is 4.66. The fraction of sp³-hybridized carbons (Fsp3) is 0.125. The van der Waals surface area contributed by atoms with Crippen molar-refractivity contribution in [2.45, 2.75) is 6.92 Å². The van der Waals surface area contributed by atoms with Gasteiger partial charge >= 0.3 is 5.97 Å². The molecule has 21 heavy (non-hydrogen) atoms. The highest BCUT2D eigenvalue weighted by atomic mass is 19.1. The Bertz CT molecular complexity index is 670. The number of benzene rings is 2. The van der Waals surface area contributed by atoms with E-state index in [0.717, 1.165) is 5.56 Å². The maximum atomic E-state index is 13.4. The molecule has 0 heterocycles.